The van der Waals surface area contributed by atoms with Crippen molar-refractivity contribution in [1.29, 1.82) is 0 Å². The maximum atomic E-state index is 12.2. The Labute approximate surface area is 166 Å². The molecule has 0 saturated heterocycles. The molecule has 6 nitrogen and oxygen atoms in total. The Kier molecular flexibility index (Phi) is 6.24. The summed E-state index contributed by atoms with van der Waals surface area (Å²) in [5, 5.41) is 11.2. The quantitative estimate of drug-likeness (QED) is 0.247. The lowest BCUT2D eigenvalue weighted by Crippen LogP contribution is -2.18. The summed E-state index contributed by atoms with van der Waals surface area (Å²) in [4.78, 5) is 22.3. The average Bonchev–Trinajstić information content (AvgIpc) is 2.69. The maximum absolute atomic E-state index is 12.2. The summed E-state index contributed by atoms with van der Waals surface area (Å²) in [6, 6.07) is 20.3. The highest BCUT2D eigenvalue weighted by atomic mass is 35.5. The molecule has 0 aliphatic carbocycles. The van der Waals surface area contributed by atoms with Gasteiger partial charge in [-0.1, -0.05) is 41.9 Å². The van der Waals surface area contributed by atoms with Gasteiger partial charge in [-0.05, 0) is 35.9 Å². The predicted octanol–water partition coefficient (Wildman–Crippen LogP) is 4.82. The van der Waals surface area contributed by atoms with Gasteiger partial charge < -0.3 is 9.47 Å². The van der Waals surface area contributed by atoms with Crippen molar-refractivity contribution in [2.75, 3.05) is 6.61 Å². The Hall–Kier alpha value is -3.38. The summed E-state index contributed by atoms with van der Waals surface area (Å²) in [6.45, 7) is -0.328. The molecule has 0 aliphatic rings. The van der Waals surface area contributed by atoms with E-state index in [0.717, 1.165) is 11.1 Å². The van der Waals surface area contributed by atoms with Crippen molar-refractivity contribution in [3.8, 4) is 11.5 Å². The number of ether oxygens (including phenoxy) is 2. The molecule has 0 spiro atoms. The fraction of sp³-hybridized carbons (Fsp3) is 0.0952. The number of non-ortho nitro benzene ring substituents is 1. The van der Waals surface area contributed by atoms with E-state index in [-0.39, 0.29) is 12.3 Å². The molecule has 3 aromatic rings. The number of hydrogen-bond acceptors (Lipinski definition) is 5. The van der Waals surface area contributed by atoms with Gasteiger partial charge in [-0.3, -0.25) is 10.1 Å². The molecule has 0 unspecified atom stereocenters. The summed E-state index contributed by atoms with van der Waals surface area (Å²) in [5.74, 6) is 0.156. The van der Waals surface area contributed by atoms with E-state index in [1.54, 1.807) is 18.2 Å². The zero-order chi connectivity index (χ0) is 19.9. The van der Waals surface area contributed by atoms with Gasteiger partial charge in [-0.2, -0.15) is 0 Å². The summed E-state index contributed by atoms with van der Waals surface area (Å²) >= 11 is 6.08. The van der Waals surface area contributed by atoms with Crippen molar-refractivity contribution in [3.63, 3.8) is 0 Å². The lowest BCUT2D eigenvalue weighted by Gasteiger charge is -2.11. The average molecular weight is 398 g/mol. The van der Waals surface area contributed by atoms with Crippen molar-refractivity contribution in [1.82, 2.24) is 0 Å². The molecule has 0 amide bonds. The summed E-state index contributed by atoms with van der Waals surface area (Å²) in [7, 11) is 0. The van der Waals surface area contributed by atoms with Crippen LogP contribution in [0.5, 0.6) is 11.5 Å². The van der Waals surface area contributed by atoms with Crippen molar-refractivity contribution in [2.45, 2.75) is 6.42 Å². The van der Waals surface area contributed by atoms with E-state index in [1.165, 1.54) is 24.3 Å². The van der Waals surface area contributed by atoms with E-state index in [0.29, 0.717) is 22.9 Å². The fourth-order valence-electron chi connectivity index (χ4n) is 2.56. The minimum absolute atomic E-state index is 0.0540. The molecule has 0 saturated carbocycles. The number of rotatable bonds is 7. The molecule has 0 aromatic heterocycles. The number of carbonyl (C=O) groups excluding carboxylic acids is 1. The van der Waals surface area contributed by atoms with Crippen molar-refractivity contribution in [3.05, 3.63) is 99.1 Å². The van der Waals surface area contributed by atoms with Crippen LogP contribution in [0.1, 0.15) is 11.1 Å². The second-order valence-electron chi connectivity index (χ2n) is 5.93. The second kappa shape index (κ2) is 9.01. The number of esters is 1. The SMILES string of the molecule is O=C(COc1ccc([N+](=O)[O-])cc1)Oc1ccc(Cl)cc1Cc1ccccc1. The van der Waals surface area contributed by atoms with E-state index < -0.39 is 10.9 Å². The molecule has 0 aliphatic heterocycles. The lowest BCUT2D eigenvalue weighted by atomic mass is 10.0. The molecule has 3 rings (SSSR count). The van der Waals surface area contributed by atoms with Gasteiger partial charge in [0.25, 0.3) is 5.69 Å². The highest BCUT2D eigenvalue weighted by molar-refractivity contribution is 6.30. The topological polar surface area (TPSA) is 78.7 Å². The van der Waals surface area contributed by atoms with Crippen LogP contribution in [-0.4, -0.2) is 17.5 Å². The largest absolute Gasteiger partial charge is 0.482 e. The third-order valence-electron chi connectivity index (χ3n) is 3.89. The minimum atomic E-state index is -0.588. The van der Waals surface area contributed by atoms with Gasteiger partial charge in [-0.15, -0.1) is 0 Å². The first-order valence-corrected chi connectivity index (χ1v) is 8.79. The van der Waals surface area contributed by atoms with Crippen LogP contribution in [0.15, 0.2) is 72.8 Å². The first-order chi connectivity index (χ1) is 13.5. The summed E-state index contributed by atoms with van der Waals surface area (Å²) < 4.78 is 10.8. The zero-order valence-electron chi connectivity index (χ0n) is 14.7. The normalized spacial score (nSPS) is 10.3. The minimum Gasteiger partial charge on any atom is -0.482 e. The molecule has 3 aromatic carbocycles. The van der Waals surface area contributed by atoms with E-state index in [4.69, 9.17) is 21.1 Å². The monoisotopic (exact) mass is 397 g/mol. The van der Waals surface area contributed by atoms with Gasteiger partial charge in [0.15, 0.2) is 6.61 Å². The number of nitrogens with zero attached hydrogens (tertiary/aromatic N) is 1. The molecule has 7 heteroatoms. The molecule has 142 valence electrons. The molecular formula is C21H16ClNO5. The van der Waals surface area contributed by atoms with E-state index in [1.807, 2.05) is 30.3 Å². The molecule has 0 radical (unpaired) electrons. The Morgan fingerprint density at radius 2 is 1.71 bits per heavy atom. The van der Waals surface area contributed by atoms with Crippen molar-refractivity contribution < 1.29 is 19.2 Å². The number of nitro groups is 1. The van der Waals surface area contributed by atoms with Gasteiger partial charge in [0.1, 0.15) is 11.5 Å². The first-order valence-electron chi connectivity index (χ1n) is 8.41. The Bertz CT molecular complexity index is 974. The Balaban J connectivity index is 1.64. The van der Waals surface area contributed by atoms with Crippen LogP contribution in [0.4, 0.5) is 5.69 Å². The summed E-state index contributed by atoms with van der Waals surface area (Å²) in [5.41, 5.74) is 1.79. The van der Waals surface area contributed by atoms with E-state index in [2.05, 4.69) is 0 Å². The molecule has 28 heavy (non-hydrogen) atoms. The van der Waals surface area contributed by atoms with Crippen LogP contribution in [0, 0.1) is 10.1 Å². The Morgan fingerprint density at radius 1 is 1.00 bits per heavy atom. The van der Waals surface area contributed by atoms with Crippen LogP contribution in [0.2, 0.25) is 5.02 Å². The van der Waals surface area contributed by atoms with Crippen molar-refractivity contribution in [2.24, 2.45) is 0 Å². The first kappa shape index (κ1) is 19.4. The van der Waals surface area contributed by atoms with Crippen LogP contribution in [0.25, 0.3) is 0 Å². The van der Waals surface area contributed by atoms with E-state index in [9.17, 15) is 14.9 Å². The Morgan fingerprint density at radius 3 is 2.39 bits per heavy atom. The molecular weight excluding hydrogens is 382 g/mol. The fourth-order valence-corrected chi connectivity index (χ4v) is 2.75. The van der Waals surface area contributed by atoms with Crippen LogP contribution >= 0.6 is 11.6 Å². The molecule has 0 fully saturated rings. The van der Waals surface area contributed by atoms with Gasteiger partial charge in [0.05, 0.1) is 4.92 Å². The highest BCUT2D eigenvalue weighted by Crippen LogP contribution is 2.26. The second-order valence-corrected chi connectivity index (χ2v) is 6.36. The predicted molar refractivity (Wildman–Crippen MR) is 105 cm³/mol. The van der Waals surface area contributed by atoms with Crippen LogP contribution < -0.4 is 9.47 Å². The third-order valence-corrected chi connectivity index (χ3v) is 4.12. The third kappa shape index (κ3) is 5.31. The van der Waals surface area contributed by atoms with Gasteiger partial charge >= 0.3 is 5.97 Å². The number of nitro benzene ring substituents is 1. The molecule has 0 bridgehead atoms. The zero-order valence-corrected chi connectivity index (χ0v) is 15.5. The smallest absolute Gasteiger partial charge is 0.349 e. The molecule has 0 heterocycles. The summed E-state index contributed by atoms with van der Waals surface area (Å²) in [6.07, 6.45) is 0.563. The van der Waals surface area contributed by atoms with Crippen LogP contribution in [-0.2, 0) is 11.2 Å². The van der Waals surface area contributed by atoms with Gasteiger partial charge in [-0.25, -0.2) is 4.79 Å². The van der Waals surface area contributed by atoms with Gasteiger partial charge in [0, 0.05) is 29.1 Å². The number of benzene rings is 3. The number of halogens is 1. The molecule has 0 atom stereocenters. The number of hydrogen-bond donors (Lipinski definition) is 0. The van der Waals surface area contributed by atoms with Crippen LogP contribution in [0.3, 0.4) is 0 Å². The number of carbonyl (C=O) groups is 1. The van der Waals surface area contributed by atoms with E-state index >= 15 is 0 Å². The maximum Gasteiger partial charge on any atom is 0.349 e. The highest BCUT2D eigenvalue weighted by Gasteiger charge is 2.12. The standard InChI is InChI=1S/C21H16ClNO5/c22-17-6-11-20(16(13-17)12-15-4-2-1-3-5-15)28-21(24)14-27-19-9-7-18(8-10-19)23(25)26/h1-11,13H,12,14H2. The van der Waals surface area contributed by atoms with Crippen molar-refractivity contribution >= 4 is 23.3 Å². The lowest BCUT2D eigenvalue weighted by molar-refractivity contribution is -0.384. The molecule has 0 N–H and O–H groups in total. The van der Waals surface area contributed by atoms with Gasteiger partial charge in [0.2, 0.25) is 0 Å².